The molecule has 1 unspecified atom stereocenters. The molecule has 112 valence electrons. The minimum Gasteiger partial charge on any atom is -0.383 e. The van der Waals surface area contributed by atoms with Crippen LogP contribution < -0.4 is 10.6 Å². The van der Waals surface area contributed by atoms with Gasteiger partial charge >= 0.3 is 0 Å². The van der Waals surface area contributed by atoms with Crippen molar-refractivity contribution in [2.24, 2.45) is 0 Å². The fraction of sp³-hybridized carbons (Fsp3) is 0.733. The molecule has 0 bridgehead atoms. The van der Waals surface area contributed by atoms with Crippen LogP contribution in [0.15, 0.2) is 0 Å². The molecule has 0 aromatic carbocycles. The second kappa shape index (κ2) is 5.20. The number of likely N-dealkylation sites (N-methyl/N-ethyl adjacent to an activating group) is 1. The number of nitrogens with zero attached hydrogens (tertiary/aromatic N) is 4. The molecule has 0 aliphatic carbocycles. The Balaban J connectivity index is 2.38. The van der Waals surface area contributed by atoms with Crippen molar-refractivity contribution in [2.75, 3.05) is 37.3 Å². The monoisotopic (exact) mass is 277 g/mol. The Morgan fingerprint density at radius 1 is 1.20 bits per heavy atom. The Morgan fingerprint density at radius 2 is 1.85 bits per heavy atom. The number of rotatable bonds is 1. The smallest absolute Gasteiger partial charge is 0.138 e. The zero-order chi connectivity index (χ0) is 15.1. The number of aromatic nitrogens is 2. The molecule has 1 aromatic rings. The molecular formula is C15H27N5. The van der Waals surface area contributed by atoms with Crippen LogP contribution in [0.5, 0.6) is 0 Å². The normalized spacial score (nSPS) is 21.3. The predicted octanol–water partition coefficient (Wildman–Crippen LogP) is 1.81. The zero-order valence-corrected chi connectivity index (χ0v) is 13.6. The fourth-order valence-corrected chi connectivity index (χ4v) is 2.41. The molecule has 1 fully saturated rings. The number of nitrogen functional groups attached to an aromatic ring is 1. The molecule has 1 atom stereocenters. The van der Waals surface area contributed by atoms with Gasteiger partial charge in [0.15, 0.2) is 0 Å². The Bertz CT molecular complexity index is 492. The van der Waals surface area contributed by atoms with Gasteiger partial charge in [-0.1, -0.05) is 20.8 Å². The van der Waals surface area contributed by atoms with Crippen LogP contribution in [0, 0.1) is 6.92 Å². The molecule has 2 heterocycles. The Hall–Kier alpha value is -1.36. The van der Waals surface area contributed by atoms with Crippen molar-refractivity contribution in [2.45, 2.75) is 46.1 Å². The highest BCUT2D eigenvalue weighted by atomic mass is 15.3. The topological polar surface area (TPSA) is 58.3 Å². The third-order valence-corrected chi connectivity index (χ3v) is 4.09. The van der Waals surface area contributed by atoms with Gasteiger partial charge in [-0.15, -0.1) is 0 Å². The summed E-state index contributed by atoms with van der Waals surface area (Å²) in [5.74, 6) is 2.43. The fourth-order valence-electron chi connectivity index (χ4n) is 2.41. The highest BCUT2D eigenvalue weighted by Gasteiger charge is 2.26. The Kier molecular flexibility index (Phi) is 3.91. The van der Waals surface area contributed by atoms with Gasteiger partial charge in [-0.3, -0.25) is 0 Å². The van der Waals surface area contributed by atoms with Crippen molar-refractivity contribution in [3.05, 3.63) is 11.4 Å². The molecule has 1 aromatic heterocycles. The van der Waals surface area contributed by atoms with Gasteiger partial charge in [-0.25, -0.2) is 9.97 Å². The average molecular weight is 277 g/mol. The van der Waals surface area contributed by atoms with Crippen LogP contribution in [0.1, 0.15) is 39.1 Å². The van der Waals surface area contributed by atoms with E-state index in [2.05, 4.69) is 49.5 Å². The van der Waals surface area contributed by atoms with Crippen molar-refractivity contribution < 1.29 is 0 Å². The molecule has 5 heteroatoms. The molecule has 0 saturated carbocycles. The third-order valence-electron chi connectivity index (χ3n) is 4.09. The molecule has 0 radical (unpaired) electrons. The highest BCUT2D eigenvalue weighted by molar-refractivity contribution is 5.57. The van der Waals surface area contributed by atoms with Gasteiger partial charge in [0.05, 0.1) is 0 Å². The summed E-state index contributed by atoms with van der Waals surface area (Å²) in [7, 11) is 2.17. The first-order chi connectivity index (χ1) is 9.20. The van der Waals surface area contributed by atoms with E-state index in [0.717, 1.165) is 36.8 Å². The van der Waals surface area contributed by atoms with E-state index in [0.29, 0.717) is 11.9 Å². The summed E-state index contributed by atoms with van der Waals surface area (Å²) >= 11 is 0. The standard InChI is InChI=1S/C15H27N5/c1-10-9-20(8-7-19(10)6)13-11(2)12(16)17-14(18-13)15(3,4)5/h10H,7-9H2,1-6H3,(H2,16,17,18). The largest absolute Gasteiger partial charge is 0.383 e. The molecule has 1 aliphatic heterocycles. The van der Waals surface area contributed by atoms with Crippen molar-refractivity contribution in [1.29, 1.82) is 0 Å². The first kappa shape index (κ1) is 15.0. The Morgan fingerprint density at radius 3 is 2.40 bits per heavy atom. The SMILES string of the molecule is Cc1c(N)nc(C(C)(C)C)nc1N1CCN(C)C(C)C1. The average Bonchev–Trinajstić information content (AvgIpc) is 2.34. The molecule has 1 aliphatic rings. The number of hydrogen-bond donors (Lipinski definition) is 1. The summed E-state index contributed by atoms with van der Waals surface area (Å²) in [4.78, 5) is 14.0. The lowest BCUT2D eigenvalue weighted by Crippen LogP contribution is -2.50. The summed E-state index contributed by atoms with van der Waals surface area (Å²) in [5, 5.41) is 0. The van der Waals surface area contributed by atoms with Crippen LogP contribution in [0.25, 0.3) is 0 Å². The number of piperazine rings is 1. The number of nitrogens with two attached hydrogens (primary N) is 1. The van der Waals surface area contributed by atoms with E-state index < -0.39 is 0 Å². The van der Waals surface area contributed by atoms with E-state index in [4.69, 9.17) is 10.7 Å². The molecule has 0 amide bonds. The summed E-state index contributed by atoms with van der Waals surface area (Å²) in [6, 6.07) is 0.525. The Labute approximate surface area is 122 Å². The summed E-state index contributed by atoms with van der Waals surface area (Å²) < 4.78 is 0. The molecule has 5 nitrogen and oxygen atoms in total. The summed E-state index contributed by atoms with van der Waals surface area (Å²) in [5.41, 5.74) is 7.01. The molecule has 1 saturated heterocycles. The van der Waals surface area contributed by atoms with Gasteiger partial charge in [0.1, 0.15) is 17.5 Å². The van der Waals surface area contributed by atoms with Gasteiger partial charge < -0.3 is 15.5 Å². The van der Waals surface area contributed by atoms with Crippen molar-refractivity contribution in [3.63, 3.8) is 0 Å². The summed E-state index contributed by atoms with van der Waals surface area (Å²) in [6.45, 7) is 13.6. The quantitative estimate of drug-likeness (QED) is 0.848. The van der Waals surface area contributed by atoms with E-state index in [-0.39, 0.29) is 5.41 Å². The van der Waals surface area contributed by atoms with Crippen LogP contribution in [0.4, 0.5) is 11.6 Å². The molecule has 2 rings (SSSR count). The summed E-state index contributed by atoms with van der Waals surface area (Å²) in [6.07, 6.45) is 0. The minimum atomic E-state index is -0.0885. The third kappa shape index (κ3) is 2.87. The maximum absolute atomic E-state index is 6.10. The van der Waals surface area contributed by atoms with Crippen molar-refractivity contribution in [3.8, 4) is 0 Å². The number of anilines is 2. The van der Waals surface area contributed by atoms with Gasteiger partial charge in [0, 0.05) is 36.7 Å². The maximum atomic E-state index is 6.10. The number of hydrogen-bond acceptors (Lipinski definition) is 5. The van der Waals surface area contributed by atoms with Gasteiger partial charge in [0.2, 0.25) is 0 Å². The zero-order valence-electron chi connectivity index (χ0n) is 13.6. The van der Waals surface area contributed by atoms with Crippen LogP contribution in [-0.2, 0) is 5.41 Å². The van der Waals surface area contributed by atoms with E-state index in [1.54, 1.807) is 0 Å². The molecule has 0 spiro atoms. The minimum absolute atomic E-state index is 0.0885. The van der Waals surface area contributed by atoms with Crippen LogP contribution in [-0.4, -0.2) is 47.6 Å². The van der Waals surface area contributed by atoms with Crippen molar-refractivity contribution in [1.82, 2.24) is 14.9 Å². The van der Waals surface area contributed by atoms with Crippen LogP contribution in [0.2, 0.25) is 0 Å². The lowest BCUT2D eigenvalue weighted by atomic mass is 9.95. The highest BCUT2D eigenvalue weighted by Crippen LogP contribution is 2.28. The van der Waals surface area contributed by atoms with Gasteiger partial charge in [-0.05, 0) is 20.9 Å². The van der Waals surface area contributed by atoms with Crippen molar-refractivity contribution >= 4 is 11.6 Å². The lowest BCUT2D eigenvalue weighted by Gasteiger charge is -2.39. The maximum Gasteiger partial charge on any atom is 0.138 e. The first-order valence-electron chi connectivity index (χ1n) is 7.30. The second-order valence-electron chi connectivity index (χ2n) is 6.91. The molecule has 20 heavy (non-hydrogen) atoms. The van der Waals surface area contributed by atoms with Gasteiger partial charge in [0.25, 0.3) is 0 Å². The van der Waals surface area contributed by atoms with Crippen LogP contribution in [0.3, 0.4) is 0 Å². The van der Waals surface area contributed by atoms with E-state index >= 15 is 0 Å². The lowest BCUT2D eigenvalue weighted by molar-refractivity contribution is 0.233. The van der Waals surface area contributed by atoms with E-state index in [1.807, 2.05) is 6.92 Å². The van der Waals surface area contributed by atoms with E-state index in [1.165, 1.54) is 0 Å². The van der Waals surface area contributed by atoms with Gasteiger partial charge in [-0.2, -0.15) is 0 Å². The second-order valence-corrected chi connectivity index (χ2v) is 6.91. The first-order valence-corrected chi connectivity index (χ1v) is 7.30. The molecule has 2 N–H and O–H groups in total. The van der Waals surface area contributed by atoms with E-state index in [9.17, 15) is 0 Å². The molecular weight excluding hydrogens is 250 g/mol. The predicted molar refractivity (Wildman–Crippen MR) is 84.2 cm³/mol. The van der Waals surface area contributed by atoms with Crippen LogP contribution >= 0.6 is 0 Å².